The van der Waals surface area contributed by atoms with E-state index in [0.717, 1.165) is 0 Å². The molecule has 0 aromatic heterocycles. The lowest BCUT2D eigenvalue weighted by Crippen LogP contribution is -2.49. The van der Waals surface area contributed by atoms with E-state index in [1.165, 1.54) is 0 Å². The Hall–Kier alpha value is -1.62. The van der Waals surface area contributed by atoms with E-state index < -0.39 is 53.2 Å². The van der Waals surface area contributed by atoms with Crippen molar-refractivity contribution in [3.8, 4) is 0 Å². The zero-order valence-electron chi connectivity index (χ0n) is 12.0. The van der Waals surface area contributed by atoms with Gasteiger partial charge >= 0.3 is 24.7 Å². The third-order valence-corrected chi connectivity index (χ3v) is 3.46. The molecule has 1 rings (SSSR count). The molecule has 1 aromatic carbocycles. The molecule has 0 amide bonds. The first-order chi connectivity index (χ1) is 10.8. The number of hydrogen-bond donors (Lipinski definition) is 0. The van der Waals surface area contributed by atoms with Crippen molar-refractivity contribution < 1.29 is 52.7 Å². The van der Waals surface area contributed by atoms with Crippen LogP contribution in [0, 0.1) is 5.41 Å². The fourth-order valence-electron chi connectivity index (χ4n) is 1.89. The lowest BCUT2D eigenvalue weighted by Gasteiger charge is -2.34. The Morgan fingerprint density at radius 3 is 1.16 bits per heavy atom. The van der Waals surface area contributed by atoms with Crippen LogP contribution in [0.15, 0.2) is 18.2 Å². The molecule has 0 atom stereocenters. The molecule has 25 heavy (non-hydrogen) atoms. The van der Waals surface area contributed by atoms with Gasteiger partial charge in [-0.2, -0.15) is 52.7 Å². The fraction of sp³-hybridized carbons (Fsp3) is 0.538. The largest absolute Gasteiger partial charge is 0.416 e. The van der Waals surface area contributed by atoms with Crippen molar-refractivity contribution in [3.05, 3.63) is 34.9 Å². The molecule has 0 N–H and O–H groups in total. The van der Waals surface area contributed by atoms with Gasteiger partial charge in [-0.15, -0.1) is 0 Å². The van der Waals surface area contributed by atoms with Gasteiger partial charge < -0.3 is 0 Å². The summed E-state index contributed by atoms with van der Waals surface area (Å²) in [7, 11) is 0. The second-order valence-electron chi connectivity index (χ2n) is 5.42. The maximum Gasteiger partial charge on any atom is 0.416 e. The molecular weight excluding hydrogens is 384 g/mol. The molecule has 144 valence electrons. The molecule has 0 saturated heterocycles. The van der Waals surface area contributed by atoms with Crippen LogP contribution in [0.4, 0.5) is 52.7 Å². The van der Waals surface area contributed by atoms with Crippen molar-refractivity contribution in [2.45, 2.75) is 38.0 Å². The van der Waals surface area contributed by atoms with Gasteiger partial charge in [0, 0.05) is 0 Å². The van der Waals surface area contributed by atoms with Crippen molar-refractivity contribution >= 4 is 0 Å². The topological polar surface area (TPSA) is 0 Å². The molecule has 0 heterocycles. The zero-order chi connectivity index (χ0) is 20.1. The molecule has 0 nitrogen and oxygen atoms in total. The highest BCUT2D eigenvalue weighted by atomic mass is 19.4. The van der Waals surface area contributed by atoms with E-state index in [9.17, 15) is 52.7 Å². The molecule has 0 aliphatic heterocycles. The monoisotopic (exact) mass is 392 g/mol. The van der Waals surface area contributed by atoms with Gasteiger partial charge in [-0.05, 0) is 37.1 Å². The van der Waals surface area contributed by atoms with Crippen LogP contribution in [-0.4, -0.2) is 12.4 Å². The summed E-state index contributed by atoms with van der Waals surface area (Å²) in [5.41, 5.74) is -9.90. The Kier molecular flexibility index (Phi) is 5.12. The summed E-state index contributed by atoms with van der Waals surface area (Å²) in [6.45, 7) is -0.333. The SMILES string of the molecule is CC(Cc1cc(C(F)(F)F)cc(C(F)(F)F)c1)(C(F)(F)F)C(F)(F)F. The van der Waals surface area contributed by atoms with E-state index in [4.69, 9.17) is 0 Å². The summed E-state index contributed by atoms with van der Waals surface area (Å²) in [5, 5.41) is 0. The van der Waals surface area contributed by atoms with Gasteiger partial charge in [0.15, 0.2) is 5.41 Å². The number of halogens is 12. The minimum atomic E-state index is -5.95. The zero-order valence-corrected chi connectivity index (χ0v) is 12.0. The summed E-state index contributed by atoms with van der Waals surface area (Å²) < 4.78 is 152. The summed E-state index contributed by atoms with van der Waals surface area (Å²) in [6.07, 6.45) is -24.8. The minimum absolute atomic E-state index is 0.162. The number of alkyl halides is 12. The maximum atomic E-state index is 12.8. The van der Waals surface area contributed by atoms with Crippen LogP contribution in [0.2, 0.25) is 0 Å². The van der Waals surface area contributed by atoms with Crippen LogP contribution >= 0.6 is 0 Å². The average molecular weight is 392 g/mol. The van der Waals surface area contributed by atoms with Crippen molar-refractivity contribution in [3.63, 3.8) is 0 Å². The van der Waals surface area contributed by atoms with Crippen molar-refractivity contribution in [2.75, 3.05) is 0 Å². The summed E-state index contributed by atoms with van der Waals surface area (Å²) in [6, 6.07) is -0.710. The predicted molar refractivity (Wildman–Crippen MR) is 60.4 cm³/mol. The molecule has 12 heteroatoms. The normalized spacial score (nSPS) is 14.8. The van der Waals surface area contributed by atoms with Gasteiger partial charge in [-0.3, -0.25) is 0 Å². The van der Waals surface area contributed by atoms with Crippen LogP contribution in [0.25, 0.3) is 0 Å². The first kappa shape index (κ1) is 21.4. The van der Waals surface area contributed by atoms with E-state index in [1.54, 1.807) is 0 Å². The van der Waals surface area contributed by atoms with Gasteiger partial charge in [-0.1, -0.05) is 0 Å². The molecule has 0 spiro atoms. The number of benzene rings is 1. The summed E-state index contributed by atoms with van der Waals surface area (Å²) >= 11 is 0. The van der Waals surface area contributed by atoms with Crippen LogP contribution in [0.1, 0.15) is 23.6 Å². The maximum absolute atomic E-state index is 12.8. The average Bonchev–Trinajstić information content (AvgIpc) is 2.33. The third kappa shape index (κ3) is 4.51. The van der Waals surface area contributed by atoms with E-state index in [2.05, 4.69) is 0 Å². The van der Waals surface area contributed by atoms with Gasteiger partial charge in [-0.25, -0.2) is 0 Å². The standard InChI is InChI=1S/C13H8F12/c1-9(12(20,21)22,13(23,24)25)5-6-2-7(10(14,15)16)4-8(3-6)11(17,18)19/h2-4H,5H2,1H3. The summed E-state index contributed by atoms with van der Waals surface area (Å²) in [5.74, 6) is 0. The Morgan fingerprint density at radius 1 is 0.600 bits per heavy atom. The van der Waals surface area contributed by atoms with E-state index in [0.29, 0.717) is 0 Å². The number of rotatable bonds is 2. The highest BCUT2D eigenvalue weighted by Gasteiger charge is 2.67. The van der Waals surface area contributed by atoms with Crippen molar-refractivity contribution in [1.82, 2.24) is 0 Å². The quantitative estimate of drug-likeness (QED) is 0.511. The molecule has 0 bridgehead atoms. The van der Waals surface area contributed by atoms with Crippen molar-refractivity contribution in [1.29, 1.82) is 0 Å². The Bertz CT molecular complexity index is 568. The Balaban J connectivity index is 3.56. The molecular formula is C13H8F12. The van der Waals surface area contributed by atoms with Crippen LogP contribution in [-0.2, 0) is 18.8 Å². The van der Waals surface area contributed by atoms with Gasteiger partial charge in [0.1, 0.15) is 0 Å². The molecule has 0 aliphatic rings. The first-order valence-corrected chi connectivity index (χ1v) is 6.21. The highest BCUT2D eigenvalue weighted by Crippen LogP contribution is 2.52. The predicted octanol–water partition coefficient (Wildman–Crippen LogP) is 6.40. The molecule has 0 radical (unpaired) electrons. The van der Waals surface area contributed by atoms with E-state index in [1.807, 2.05) is 0 Å². The minimum Gasteiger partial charge on any atom is -0.170 e. The lowest BCUT2D eigenvalue weighted by molar-refractivity contribution is -0.334. The molecule has 0 unspecified atom stereocenters. The molecule has 0 aliphatic carbocycles. The Morgan fingerprint density at radius 2 is 0.920 bits per heavy atom. The number of hydrogen-bond acceptors (Lipinski definition) is 0. The lowest BCUT2D eigenvalue weighted by atomic mass is 9.81. The second kappa shape index (κ2) is 5.97. The fourth-order valence-corrected chi connectivity index (χ4v) is 1.89. The van der Waals surface area contributed by atoms with Crippen LogP contribution < -0.4 is 0 Å². The Labute approximate surface area is 132 Å². The smallest absolute Gasteiger partial charge is 0.170 e. The van der Waals surface area contributed by atoms with Gasteiger partial charge in [0.25, 0.3) is 0 Å². The molecule has 1 aromatic rings. The first-order valence-electron chi connectivity index (χ1n) is 6.21. The third-order valence-electron chi connectivity index (χ3n) is 3.46. The van der Waals surface area contributed by atoms with E-state index in [-0.39, 0.29) is 25.1 Å². The van der Waals surface area contributed by atoms with Crippen molar-refractivity contribution in [2.24, 2.45) is 5.41 Å². The second-order valence-corrected chi connectivity index (χ2v) is 5.42. The molecule has 0 fully saturated rings. The van der Waals surface area contributed by atoms with Crippen LogP contribution in [0.5, 0.6) is 0 Å². The van der Waals surface area contributed by atoms with E-state index >= 15 is 0 Å². The van der Waals surface area contributed by atoms with Gasteiger partial charge in [0.05, 0.1) is 11.1 Å². The van der Waals surface area contributed by atoms with Gasteiger partial charge in [0.2, 0.25) is 0 Å². The van der Waals surface area contributed by atoms with Crippen LogP contribution in [0.3, 0.4) is 0 Å². The molecule has 0 saturated carbocycles. The summed E-state index contributed by atoms with van der Waals surface area (Å²) in [4.78, 5) is 0. The highest BCUT2D eigenvalue weighted by molar-refractivity contribution is 5.34.